The van der Waals surface area contributed by atoms with E-state index in [1.165, 1.54) is 11.3 Å². The minimum Gasteiger partial charge on any atom is -0.352 e. The molecule has 3 rings (SSSR count). The molecular formula is C23H24BrN3O2S. The highest BCUT2D eigenvalue weighted by atomic mass is 79.9. The summed E-state index contributed by atoms with van der Waals surface area (Å²) in [4.78, 5) is 30.9. The van der Waals surface area contributed by atoms with Gasteiger partial charge in [-0.15, -0.1) is 11.3 Å². The van der Waals surface area contributed by atoms with Crippen LogP contribution in [0.1, 0.15) is 35.5 Å². The molecule has 2 amide bonds. The van der Waals surface area contributed by atoms with E-state index >= 15 is 0 Å². The average Bonchev–Trinajstić information content (AvgIpc) is 3.20. The van der Waals surface area contributed by atoms with Crippen LogP contribution in [0.3, 0.4) is 0 Å². The third kappa shape index (κ3) is 5.77. The van der Waals surface area contributed by atoms with Gasteiger partial charge in [0.15, 0.2) is 0 Å². The molecule has 0 aliphatic carbocycles. The lowest BCUT2D eigenvalue weighted by atomic mass is 10.1. The van der Waals surface area contributed by atoms with Crippen molar-refractivity contribution in [3.05, 3.63) is 75.2 Å². The minimum atomic E-state index is -0.0826. The quantitative estimate of drug-likeness (QED) is 0.516. The number of hydrogen-bond donors (Lipinski definition) is 1. The van der Waals surface area contributed by atoms with Crippen LogP contribution < -0.4 is 5.32 Å². The summed E-state index contributed by atoms with van der Waals surface area (Å²) < 4.78 is 0.998. The first-order chi connectivity index (χ1) is 14.3. The Labute approximate surface area is 189 Å². The van der Waals surface area contributed by atoms with Crippen LogP contribution in [-0.2, 0) is 17.8 Å². The van der Waals surface area contributed by atoms with Gasteiger partial charge in [-0.1, -0.05) is 40.2 Å². The number of halogens is 1. The predicted molar refractivity (Wildman–Crippen MR) is 124 cm³/mol. The summed E-state index contributed by atoms with van der Waals surface area (Å²) in [6.07, 6.45) is 0.236. The number of carbonyl (C=O) groups is 2. The van der Waals surface area contributed by atoms with E-state index in [0.717, 1.165) is 26.3 Å². The molecule has 7 heteroatoms. The second-order valence-corrected chi connectivity index (χ2v) is 9.09. The number of hydrogen-bond acceptors (Lipinski definition) is 4. The van der Waals surface area contributed by atoms with Crippen LogP contribution in [0.2, 0.25) is 0 Å². The summed E-state index contributed by atoms with van der Waals surface area (Å²) in [6, 6.07) is 15.4. The van der Waals surface area contributed by atoms with Gasteiger partial charge in [0, 0.05) is 40.6 Å². The molecule has 1 aromatic heterocycles. The molecule has 0 fully saturated rings. The Kier molecular flexibility index (Phi) is 7.39. The van der Waals surface area contributed by atoms with Crippen LogP contribution in [0.4, 0.5) is 0 Å². The Balaban J connectivity index is 1.53. The van der Waals surface area contributed by atoms with Gasteiger partial charge in [-0.25, -0.2) is 4.98 Å². The molecule has 30 heavy (non-hydrogen) atoms. The van der Waals surface area contributed by atoms with Gasteiger partial charge in [0.2, 0.25) is 5.91 Å². The first kappa shape index (κ1) is 22.2. The first-order valence-electron chi connectivity index (χ1n) is 9.66. The predicted octanol–water partition coefficient (Wildman–Crippen LogP) is 4.91. The van der Waals surface area contributed by atoms with Crippen LogP contribution in [0, 0.1) is 0 Å². The second kappa shape index (κ2) is 10.00. The summed E-state index contributed by atoms with van der Waals surface area (Å²) in [6.45, 7) is 4.37. The molecule has 0 aliphatic rings. The van der Waals surface area contributed by atoms with E-state index in [1.54, 1.807) is 24.1 Å². The fourth-order valence-electron chi connectivity index (χ4n) is 2.77. The SMILES string of the molecule is CC(C)N(C)C(=O)c1ccc(CNC(=O)Cc2csc(-c3cccc(Br)c3)n2)cc1. The van der Waals surface area contributed by atoms with Gasteiger partial charge in [0.25, 0.3) is 5.91 Å². The van der Waals surface area contributed by atoms with Crippen molar-refractivity contribution in [3.63, 3.8) is 0 Å². The van der Waals surface area contributed by atoms with Gasteiger partial charge in [0.05, 0.1) is 12.1 Å². The number of carbonyl (C=O) groups excluding carboxylic acids is 2. The zero-order chi connectivity index (χ0) is 21.7. The van der Waals surface area contributed by atoms with Crippen LogP contribution >= 0.6 is 27.3 Å². The lowest BCUT2D eigenvalue weighted by molar-refractivity contribution is -0.120. The average molecular weight is 486 g/mol. The van der Waals surface area contributed by atoms with Crippen molar-refractivity contribution in [1.29, 1.82) is 0 Å². The number of nitrogens with one attached hydrogen (secondary N) is 1. The van der Waals surface area contributed by atoms with Gasteiger partial charge in [-0.3, -0.25) is 9.59 Å². The van der Waals surface area contributed by atoms with E-state index in [4.69, 9.17) is 0 Å². The van der Waals surface area contributed by atoms with E-state index in [2.05, 4.69) is 26.2 Å². The van der Waals surface area contributed by atoms with Crippen LogP contribution in [0.5, 0.6) is 0 Å². The smallest absolute Gasteiger partial charge is 0.253 e. The third-order valence-corrected chi connectivity index (χ3v) is 6.18. The maximum Gasteiger partial charge on any atom is 0.253 e. The van der Waals surface area contributed by atoms with E-state index in [-0.39, 0.29) is 24.3 Å². The van der Waals surface area contributed by atoms with Gasteiger partial charge in [0.1, 0.15) is 5.01 Å². The molecule has 0 aliphatic heterocycles. The van der Waals surface area contributed by atoms with Crippen molar-refractivity contribution in [2.24, 2.45) is 0 Å². The fraction of sp³-hybridized carbons (Fsp3) is 0.261. The molecular weight excluding hydrogens is 462 g/mol. The fourth-order valence-corrected chi connectivity index (χ4v) is 3.99. The zero-order valence-electron chi connectivity index (χ0n) is 17.2. The van der Waals surface area contributed by atoms with Crippen LogP contribution in [-0.4, -0.2) is 34.8 Å². The molecule has 2 aromatic carbocycles. The number of benzene rings is 2. The second-order valence-electron chi connectivity index (χ2n) is 7.31. The molecule has 0 saturated heterocycles. The van der Waals surface area contributed by atoms with E-state index < -0.39 is 0 Å². The third-order valence-electron chi connectivity index (χ3n) is 4.75. The van der Waals surface area contributed by atoms with E-state index in [0.29, 0.717) is 12.1 Å². The van der Waals surface area contributed by atoms with Gasteiger partial charge in [-0.05, 0) is 43.7 Å². The van der Waals surface area contributed by atoms with Crippen LogP contribution in [0.15, 0.2) is 58.4 Å². The zero-order valence-corrected chi connectivity index (χ0v) is 19.6. The molecule has 1 heterocycles. The van der Waals surface area contributed by atoms with Crippen molar-refractivity contribution in [1.82, 2.24) is 15.2 Å². The number of thiazole rings is 1. The van der Waals surface area contributed by atoms with Gasteiger partial charge in [-0.2, -0.15) is 0 Å². The molecule has 1 N–H and O–H groups in total. The summed E-state index contributed by atoms with van der Waals surface area (Å²) >= 11 is 4.99. The number of rotatable bonds is 7. The molecule has 0 bridgehead atoms. The van der Waals surface area contributed by atoms with E-state index in [9.17, 15) is 9.59 Å². The van der Waals surface area contributed by atoms with Crippen molar-refractivity contribution < 1.29 is 9.59 Å². The van der Waals surface area contributed by atoms with Gasteiger partial charge >= 0.3 is 0 Å². The lowest BCUT2D eigenvalue weighted by Crippen LogP contribution is -2.32. The Bertz CT molecular complexity index is 1030. The molecule has 0 unspecified atom stereocenters. The largest absolute Gasteiger partial charge is 0.352 e. The normalized spacial score (nSPS) is 10.8. The number of nitrogens with zero attached hydrogens (tertiary/aromatic N) is 2. The first-order valence-corrected chi connectivity index (χ1v) is 11.3. The Morgan fingerprint density at radius 3 is 2.57 bits per heavy atom. The molecule has 3 aromatic rings. The molecule has 0 spiro atoms. The molecule has 0 saturated carbocycles. The minimum absolute atomic E-state index is 0.00892. The molecule has 0 atom stereocenters. The van der Waals surface area contributed by atoms with Crippen molar-refractivity contribution in [3.8, 4) is 10.6 Å². The van der Waals surface area contributed by atoms with Gasteiger partial charge < -0.3 is 10.2 Å². The summed E-state index contributed by atoms with van der Waals surface area (Å²) in [7, 11) is 1.79. The van der Waals surface area contributed by atoms with Crippen molar-refractivity contribution >= 4 is 39.1 Å². The monoisotopic (exact) mass is 485 g/mol. The molecule has 156 valence electrons. The summed E-state index contributed by atoms with van der Waals surface area (Å²) in [5, 5.41) is 5.73. The molecule has 5 nitrogen and oxygen atoms in total. The number of aromatic nitrogens is 1. The van der Waals surface area contributed by atoms with Crippen LogP contribution in [0.25, 0.3) is 10.6 Å². The summed E-state index contributed by atoms with van der Waals surface area (Å²) in [5.41, 5.74) is 3.37. The Morgan fingerprint density at radius 1 is 1.17 bits per heavy atom. The maximum atomic E-state index is 12.3. The maximum absolute atomic E-state index is 12.3. The highest BCUT2D eigenvalue weighted by Gasteiger charge is 2.14. The Morgan fingerprint density at radius 2 is 1.90 bits per heavy atom. The van der Waals surface area contributed by atoms with Crippen molar-refractivity contribution in [2.75, 3.05) is 7.05 Å². The van der Waals surface area contributed by atoms with Crippen molar-refractivity contribution in [2.45, 2.75) is 32.9 Å². The highest BCUT2D eigenvalue weighted by molar-refractivity contribution is 9.10. The molecule has 0 radical (unpaired) electrons. The topological polar surface area (TPSA) is 62.3 Å². The lowest BCUT2D eigenvalue weighted by Gasteiger charge is -2.21. The highest BCUT2D eigenvalue weighted by Crippen LogP contribution is 2.26. The summed E-state index contributed by atoms with van der Waals surface area (Å²) in [5.74, 6) is -0.0915. The number of amides is 2. The standard InChI is InChI=1S/C23H24BrN3O2S/c1-15(2)27(3)23(29)17-9-7-16(8-10-17)13-25-21(28)12-20-14-30-22(26-20)18-5-4-6-19(24)11-18/h4-11,14-15H,12-13H2,1-3H3,(H,25,28). The van der Waals surface area contributed by atoms with E-state index in [1.807, 2.05) is 55.6 Å². The Hall–Kier alpha value is -2.51.